The minimum absolute atomic E-state index is 0.109. The molecule has 74 valence electrons. The van der Waals surface area contributed by atoms with E-state index in [1.165, 1.54) is 24.8 Å². The fourth-order valence-electron chi connectivity index (χ4n) is 1.04. The van der Waals surface area contributed by atoms with Crippen LogP contribution in [0.4, 0.5) is 0 Å². The van der Waals surface area contributed by atoms with Crippen molar-refractivity contribution >= 4 is 5.91 Å². The minimum atomic E-state index is -0.617. The van der Waals surface area contributed by atoms with Gasteiger partial charge in [-0.25, -0.2) is 4.98 Å². The largest absolute Gasteiger partial charge is 0.364 e. The summed E-state index contributed by atoms with van der Waals surface area (Å²) < 4.78 is 0. The Bertz CT molecular complexity index is 485. The van der Waals surface area contributed by atoms with Crippen molar-refractivity contribution in [3.63, 3.8) is 0 Å². The fraction of sp³-hybridized carbons (Fsp3) is 0. The lowest BCUT2D eigenvalue weighted by Crippen LogP contribution is -2.13. The van der Waals surface area contributed by atoms with Gasteiger partial charge in [0.25, 0.3) is 5.91 Å². The molecule has 0 atom stereocenters. The van der Waals surface area contributed by atoms with Gasteiger partial charge in [0.05, 0.1) is 18.6 Å². The van der Waals surface area contributed by atoms with Crippen molar-refractivity contribution in [1.82, 2.24) is 19.9 Å². The monoisotopic (exact) mass is 201 g/mol. The highest BCUT2D eigenvalue weighted by Gasteiger charge is 2.06. The van der Waals surface area contributed by atoms with Crippen LogP contribution in [-0.4, -0.2) is 25.8 Å². The number of carbonyl (C=O) groups excluding carboxylic acids is 1. The molecule has 15 heavy (non-hydrogen) atoms. The molecule has 2 rings (SSSR count). The van der Waals surface area contributed by atoms with E-state index in [2.05, 4.69) is 19.9 Å². The van der Waals surface area contributed by atoms with Gasteiger partial charge < -0.3 is 5.73 Å². The number of nitrogens with zero attached hydrogens (tertiary/aromatic N) is 4. The van der Waals surface area contributed by atoms with Crippen LogP contribution in [-0.2, 0) is 0 Å². The number of amides is 1. The molecule has 0 unspecified atom stereocenters. The molecule has 0 spiro atoms. The van der Waals surface area contributed by atoms with Crippen LogP contribution in [0.3, 0.4) is 0 Å². The average molecular weight is 201 g/mol. The molecular formula is C9H7N5O. The molecule has 0 radical (unpaired) electrons. The van der Waals surface area contributed by atoms with Gasteiger partial charge in [-0.05, 0) is 0 Å². The lowest BCUT2D eigenvalue weighted by Gasteiger charge is -1.99. The average Bonchev–Trinajstić information content (AvgIpc) is 2.30. The van der Waals surface area contributed by atoms with Gasteiger partial charge in [0.15, 0.2) is 0 Å². The third kappa shape index (κ3) is 1.93. The van der Waals surface area contributed by atoms with Crippen molar-refractivity contribution in [1.29, 1.82) is 0 Å². The van der Waals surface area contributed by atoms with E-state index in [9.17, 15) is 4.79 Å². The number of nitrogens with two attached hydrogens (primary N) is 1. The van der Waals surface area contributed by atoms with Crippen LogP contribution in [0.5, 0.6) is 0 Å². The summed E-state index contributed by atoms with van der Waals surface area (Å²) in [5.74, 6) is -0.617. The quantitative estimate of drug-likeness (QED) is 0.739. The molecular weight excluding hydrogens is 194 g/mol. The van der Waals surface area contributed by atoms with E-state index in [4.69, 9.17) is 5.73 Å². The van der Waals surface area contributed by atoms with Crippen molar-refractivity contribution in [3.8, 4) is 11.4 Å². The Morgan fingerprint density at radius 2 is 1.87 bits per heavy atom. The van der Waals surface area contributed by atoms with Crippen LogP contribution in [0.1, 0.15) is 10.5 Å². The zero-order chi connectivity index (χ0) is 10.7. The molecule has 6 heteroatoms. The Morgan fingerprint density at radius 1 is 1.07 bits per heavy atom. The topological polar surface area (TPSA) is 94.7 Å². The van der Waals surface area contributed by atoms with Crippen molar-refractivity contribution in [3.05, 3.63) is 36.7 Å². The number of rotatable bonds is 2. The molecule has 6 nitrogen and oxygen atoms in total. The second kappa shape index (κ2) is 3.79. The lowest BCUT2D eigenvalue weighted by atomic mass is 10.3. The van der Waals surface area contributed by atoms with Gasteiger partial charge >= 0.3 is 0 Å². The second-order valence-electron chi connectivity index (χ2n) is 2.74. The van der Waals surface area contributed by atoms with Gasteiger partial charge in [-0.15, -0.1) is 0 Å². The molecule has 0 saturated carbocycles. The summed E-state index contributed by atoms with van der Waals surface area (Å²) in [6.45, 7) is 0. The van der Waals surface area contributed by atoms with Crippen molar-refractivity contribution in [2.75, 3.05) is 0 Å². The Balaban J connectivity index is 2.46. The van der Waals surface area contributed by atoms with E-state index < -0.39 is 5.91 Å². The zero-order valence-corrected chi connectivity index (χ0v) is 7.66. The highest BCUT2D eigenvalue weighted by Crippen LogP contribution is 2.10. The third-order valence-corrected chi connectivity index (χ3v) is 1.71. The summed E-state index contributed by atoms with van der Waals surface area (Å²) in [7, 11) is 0. The number of primary amides is 1. The molecule has 2 aromatic heterocycles. The molecule has 0 aliphatic rings. The normalized spacial score (nSPS) is 9.87. The first-order valence-electron chi connectivity index (χ1n) is 4.15. The molecule has 0 saturated heterocycles. The number of hydrogen-bond donors (Lipinski definition) is 1. The van der Waals surface area contributed by atoms with Crippen molar-refractivity contribution in [2.24, 2.45) is 5.73 Å². The SMILES string of the molecule is NC(=O)c1cncc(-c2cnccn2)n1. The lowest BCUT2D eigenvalue weighted by molar-refractivity contribution is 0.0995. The molecule has 0 aliphatic heterocycles. The van der Waals surface area contributed by atoms with Crippen LogP contribution < -0.4 is 5.73 Å². The van der Waals surface area contributed by atoms with Crippen molar-refractivity contribution in [2.45, 2.75) is 0 Å². The Morgan fingerprint density at radius 3 is 2.53 bits per heavy atom. The molecule has 2 aromatic rings. The van der Waals surface area contributed by atoms with Gasteiger partial charge in [-0.3, -0.25) is 19.7 Å². The van der Waals surface area contributed by atoms with Crippen LogP contribution >= 0.6 is 0 Å². The highest BCUT2D eigenvalue weighted by atomic mass is 16.1. The predicted molar refractivity (Wildman–Crippen MR) is 51.6 cm³/mol. The van der Waals surface area contributed by atoms with Crippen LogP contribution in [0.25, 0.3) is 11.4 Å². The Labute approximate surface area is 85.2 Å². The molecule has 0 aliphatic carbocycles. The molecule has 0 bridgehead atoms. The first kappa shape index (κ1) is 9.20. The van der Waals surface area contributed by atoms with E-state index in [-0.39, 0.29) is 5.69 Å². The molecule has 2 heterocycles. The summed E-state index contributed by atoms with van der Waals surface area (Å²) in [5, 5.41) is 0. The maximum Gasteiger partial charge on any atom is 0.268 e. The maximum absolute atomic E-state index is 10.9. The molecule has 1 amide bonds. The van der Waals surface area contributed by atoms with Crippen LogP contribution in [0.15, 0.2) is 31.0 Å². The van der Waals surface area contributed by atoms with E-state index in [1.54, 1.807) is 6.20 Å². The number of hydrogen-bond acceptors (Lipinski definition) is 5. The van der Waals surface area contributed by atoms with E-state index >= 15 is 0 Å². The van der Waals surface area contributed by atoms with E-state index in [1.807, 2.05) is 0 Å². The Hall–Kier alpha value is -2.37. The van der Waals surface area contributed by atoms with Gasteiger partial charge in [0, 0.05) is 12.4 Å². The smallest absolute Gasteiger partial charge is 0.268 e. The zero-order valence-electron chi connectivity index (χ0n) is 7.66. The fourth-order valence-corrected chi connectivity index (χ4v) is 1.04. The molecule has 0 aromatic carbocycles. The van der Waals surface area contributed by atoms with Gasteiger partial charge in [-0.1, -0.05) is 0 Å². The Kier molecular flexibility index (Phi) is 2.32. The van der Waals surface area contributed by atoms with Crippen LogP contribution in [0, 0.1) is 0 Å². The summed E-state index contributed by atoms with van der Waals surface area (Å²) in [4.78, 5) is 26.6. The van der Waals surface area contributed by atoms with Crippen molar-refractivity contribution < 1.29 is 4.79 Å². The summed E-state index contributed by atoms with van der Waals surface area (Å²) in [6, 6.07) is 0. The highest BCUT2D eigenvalue weighted by molar-refractivity contribution is 5.90. The van der Waals surface area contributed by atoms with Gasteiger partial charge in [0.1, 0.15) is 17.1 Å². The number of aromatic nitrogens is 4. The summed E-state index contributed by atoms with van der Waals surface area (Å²) in [6.07, 6.45) is 7.43. The predicted octanol–water partition coefficient (Wildman–Crippen LogP) is 0.0325. The van der Waals surface area contributed by atoms with E-state index in [0.717, 1.165) is 0 Å². The third-order valence-electron chi connectivity index (χ3n) is 1.71. The standard InChI is InChI=1S/C9H7N5O/c10-9(15)8-5-12-4-7(14-8)6-3-11-1-2-13-6/h1-5H,(H2,10,15). The maximum atomic E-state index is 10.9. The molecule has 2 N–H and O–H groups in total. The second-order valence-corrected chi connectivity index (χ2v) is 2.74. The minimum Gasteiger partial charge on any atom is -0.364 e. The van der Waals surface area contributed by atoms with Gasteiger partial charge in [0.2, 0.25) is 0 Å². The first-order valence-corrected chi connectivity index (χ1v) is 4.15. The van der Waals surface area contributed by atoms with Gasteiger partial charge in [-0.2, -0.15) is 0 Å². The van der Waals surface area contributed by atoms with E-state index in [0.29, 0.717) is 11.4 Å². The summed E-state index contributed by atoms with van der Waals surface area (Å²) in [5.41, 5.74) is 6.21. The van der Waals surface area contributed by atoms with Crippen LogP contribution in [0.2, 0.25) is 0 Å². The molecule has 0 fully saturated rings. The summed E-state index contributed by atoms with van der Waals surface area (Å²) >= 11 is 0. The first-order chi connectivity index (χ1) is 7.27. The number of carbonyl (C=O) groups is 1.